The van der Waals surface area contributed by atoms with Gasteiger partial charge in [-0.05, 0) is 18.5 Å². The molecule has 0 unspecified atom stereocenters. The number of carboxylic acids is 2. The summed E-state index contributed by atoms with van der Waals surface area (Å²) in [6.07, 6.45) is 0. The van der Waals surface area contributed by atoms with Crippen LogP contribution in [0.5, 0.6) is 0 Å². The number of rotatable bonds is 3. The van der Waals surface area contributed by atoms with Gasteiger partial charge in [0.15, 0.2) is 0 Å². The van der Waals surface area contributed by atoms with Crippen molar-refractivity contribution in [1.82, 2.24) is 4.37 Å². The summed E-state index contributed by atoms with van der Waals surface area (Å²) >= 11 is 0.681. The van der Waals surface area contributed by atoms with Crippen molar-refractivity contribution < 1.29 is 19.8 Å². The molecule has 6 heteroatoms. The Labute approximate surface area is 106 Å². The molecule has 0 aliphatic heterocycles. The van der Waals surface area contributed by atoms with E-state index in [4.69, 9.17) is 10.2 Å². The number of aromatic nitrogens is 1. The molecule has 1 heterocycles. The third-order valence-corrected chi connectivity index (χ3v) is 3.26. The topological polar surface area (TPSA) is 87.5 Å². The molecule has 18 heavy (non-hydrogen) atoms. The number of hydrogen-bond acceptors (Lipinski definition) is 4. The van der Waals surface area contributed by atoms with Crippen LogP contribution in [0.25, 0.3) is 11.3 Å². The maximum Gasteiger partial charge on any atom is 0.348 e. The summed E-state index contributed by atoms with van der Waals surface area (Å²) < 4.78 is 3.94. The van der Waals surface area contributed by atoms with Gasteiger partial charge in [-0.15, -0.1) is 0 Å². The normalized spacial score (nSPS) is 10.3. The van der Waals surface area contributed by atoms with Crippen LogP contribution in [0.3, 0.4) is 0 Å². The number of hydrogen-bond donors (Lipinski definition) is 2. The van der Waals surface area contributed by atoms with Gasteiger partial charge >= 0.3 is 11.9 Å². The molecule has 0 aliphatic rings. The van der Waals surface area contributed by atoms with Crippen LogP contribution in [0, 0.1) is 6.92 Å². The van der Waals surface area contributed by atoms with Crippen molar-refractivity contribution in [3.8, 4) is 11.3 Å². The zero-order valence-electron chi connectivity index (χ0n) is 9.38. The van der Waals surface area contributed by atoms with Gasteiger partial charge in [0, 0.05) is 5.56 Å². The fraction of sp³-hybridized carbons (Fsp3) is 0.0833. The van der Waals surface area contributed by atoms with Crippen molar-refractivity contribution in [3.63, 3.8) is 0 Å². The summed E-state index contributed by atoms with van der Waals surface area (Å²) in [6.45, 7) is 1.91. The number of benzene rings is 1. The van der Waals surface area contributed by atoms with E-state index in [-0.39, 0.29) is 16.1 Å². The molecule has 2 N–H and O–H groups in total. The molecule has 0 fully saturated rings. The van der Waals surface area contributed by atoms with Gasteiger partial charge in [0.1, 0.15) is 10.4 Å². The molecule has 2 aromatic rings. The Morgan fingerprint density at radius 2 is 1.72 bits per heavy atom. The van der Waals surface area contributed by atoms with Gasteiger partial charge in [0.2, 0.25) is 0 Å². The lowest BCUT2D eigenvalue weighted by Gasteiger charge is -2.00. The molecule has 0 aliphatic carbocycles. The van der Waals surface area contributed by atoms with Crippen LogP contribution in [0.1, 0.15) is 25.6 Å². The Balaban J connectivity index is 2.61. The van der Waals surface area contributed by atoms with E-state index in [2.05, 4.69) is 4.37 Å². The highest BCUT2D eigenvalue weighted by Gasteiger charge is 2.25. The summed E-state index contributed by atoms with van der Waals surface area (Å²) in [5.74, 6) is -2.56. The predicted molar refractivity (Wildman–Crippen MR) is 66.2 cm³/mol. The number of aromatic carboxylic acids is 2. The largest absolute Gasteiger partial charge is 0.478 e. The zero-order chi connectivity index (χ0) is 13.3. The summed E-state index contributed by atoms with van der Waals surface area (Å²) in [7, 11) is 0. The number of aryl methyl sites for hydroxylation is 1. The van der Waals surface area contributed by atoms with Crippen molar-refractivity contribution in [1.29, 1.82) is 0 Å². The predicted octanol–water partition coefficient (Wildman–Crippen LogP) is 2.51. The SMILES string of the molecule is Cc1ccc(-c2nsc(C(=O)O)c2C(=O)O)cc1. The van der Waals surface area contributed by atoms with Gasteiger partial charge in [-0.25, -0.2) is 9.59 Å². The highest BCUT2D eigenvalue weighted by Crippen LogP contribution is 2.28. The van der Waals surface area contributed by atoms with Crippen LogP contribution in [0.2, 0.25) is 0 Å². The molecule has 0 amide bonds. The third-order valence-electron chi connectivity index (χ3n) is 2.43. The van der Waals surface area contributed by atoms with Crippen LogP contribution in [-0.2, 0) is 0 Å². The van der Waals surface area contributed by atoms with Gasteiger partial charge in [0.25, 0.3) is 0 Å². The molecule has 1 aromatic heterocycles. The maximum atomic E-state index is 11.2. The zero-order valence-corrected chi connectivity index (χ0v) is 10.2. The molecular formula is C12H9NO4S. The van der Waals surface area contributed by atoms with E-state index in [1.807, 2.05) is 19.1 Å². The van der Waals surface area contributed by atoms with Crippen LogP contribution in [0.4, 0.5) is 0 Å². The first-order valence-electron chi connectivity index (χ1n) is 5.04. The van der Waals surface area contributed by atoms with Gasteiger partial charge < -0.3 is 10.2 Å². The minimum Gasteiger partial charge on any atom is -0.478 e. The van der Waals surface area contributed by atoms with E-state index in [1.165, 1.54) is 0 Å². The average Bonchev–Trinajstić information content (AvgIpc) is 2.74. The highest BCUT2D eigenvalue weighted by molar-refractivity contribution is 7.08. The summed E-state index contributed by atoms with van der Waals surface area (Å²) in [5.41, 5.74) is 1.58. The fourth-order valence-electron chi connectivity index (χ4n) is 1.54. The molecule has 0 saturated carbocycles. The first kappa shape index (κ1) is 12.3. The van der Waals surface area contributed by atoms with Crippen LogP contribution in [-0.4, -0.2) is 26.5 Å². The van der Waals surface area contributed by atoms with Gasteiger partial charge in [0.05, 0.1) is 5.69 Å². The standard InChI is InChI=1S/C12H9NO4S/c1-6-2-4-7(5-3-6)9-8(11(14)15)10(12(16)17)18-13-9/h2-5H,1H3,(H,14,15)(H,16,17). The van der Waals surface area contributed by atoms with Gasteiger partial charge in [-0.1, -0.05) is 29.8 Å². The summed E-state index contributed by atoms with van der Waals surface area (Å²) in [6, 6.07) is 7.09. The van der Waals surface area contributed by atoms with Gasteiger partial charge in [-0.2, -0.15) is 4.37 Å². The smallest absolute Gasteiger partial charge is 0.348 e. The van der Waals surface area contributed by atoms with Crippen molar-refractivity contribution in [2.45, 2.75) is 6.92 Å². The van der Waals surface area contributed by atoms with Gasteiger partial charge in [-0.3, -0.25) is 0 Å². The molecule has 0 radical (unpaired) electrons. The van der Waals surface area contributed by atoms with E-state index < -0.39 is 11.9 Å². The lowest BCUT2D eigenvalue weighted by atomic mass is 10.0. The molecular weight excluding hydrogens is 254 g/mol. The van der Waals surface area contributed by atoms with Crippen LogP contribution >= 0.6 is 11.5 Å². The second kappa shape index (κ2) is 4.58. The van der Waals surface area contributed by atoms with E-state index >= 15 is 0 Å². The van der Waals surface area contributed by atoms with Crippen molar-refractivity contribution in [2.24, 2.45) is 0 Å². The molecule has 0 atom stereocenters. The van der Waals surface area contributed by atoms with Crippen molar-refractivity contribution >= 4 is 23.5 Å². The molecule has 92 valence electrons. The lowest BCUT2D eigenvalue weighted by molar-refractivity contribution is 0.0656. The first-order valence-corrected chi connectivity index (χ1v) is 5.81. The average molecular weight is 263 g/mol. The molecule has 1 aromatic carbocycles. The third kappa shape index (κ3) is 2.10. The summed E-state index contributed by atoms with van der Waals surface area (Å²) in [4.78, 5) is 21.8. The molecule has 0 bridgehead atoms. The Kier molecular flexibility index (Phi) is 3.12. The van der Waals surface area contributed by atoms with Crippen molar-refractivity contribution in [3.05, 3.63) is 40.3 Å². The van der Waals surface area contributed by atoms with E-state index in [0.29, 0.717) is 17.1 Å². The minimum absolute atomic E-state index is 0.199. The molecule has 2 rings (SSSR count). The number of carboxylic acid groups (broad SMARTS) is 2. The first-order chi connectivity index (χ1) is 8.50. The molecule has 0 saturated heterocycles. The fourth-order valence-corrected chi connectivity index (χ4v) is 2.28. The molecule has 5 nitrogen and oxygen atoms in total. The number of nitrogens with zero attached hydrogens (tertiary/aromatic N) is 1. The highest BCUT2D eigenvalue weighted by atomic mass is 32.1. The molecule has 0 spiro atoms. The van der Waals surface area contributed by atoms with E-state index in [9.17, 15) is 9.59 Å². The Bertz CT molecular complexity index is 616. The van der Waals surface area contributed by atoms with Crippen molar-refractivity contribution in [2.75, 3.05) is 0 Å². The minimum atomic E-state index is -1.28. The van der Waals surface area contributed by atoms with Crippen LogP contribution < -0.4 is 0 Å². The summed E-state index contributed by atoms with van der Waals surface area (Å²) in [5, 5.41) is 18.0. The Morgan fingerprint density at radius 3 is 2.22 bits per heavy atom. The monoisotopic (exact) mass is 263 g/mol. The lowest BCUT2D eigenvalue weighted by Crippen LogP contribution is -2.05. The maximum absolute atomic E-state index is 11.2. The Morgan fingerprint density at radius 1 is 1.11 bits per heavy atom. The van der Waals surface area contributed by atoms with E-state index in [0.717, 1.165) is 5.56 Å². The second-order valence-electron chi connectivity index (χ2n) is 3.71. The van der Waals surface area contributed by atoms with Crippen LogP contribution in [0.15, 0.2) is 24.3 Å². The number of carbonyl (C=O) groups is 2. The Hall–Kier alpha value is -2.21. The van der Waals surface area contributed by atoms with E-state index in [1.54, 1.807) is 12.1 Å². The second-order valence-corrected chi connectivity index (χ2v) is 4.49. The quantitative estimate of drug-likeness (QED) is 0.888.